The van der Waals surface area contributed by atoms with Crippen LogP contribution in [0.25, 0.3) is 0 Å². The number of aromatic nitrogens is 1. The van der Waals surface area contributed by atoms with E-state index in [0.717, 1.165) is 37.1 Å². The van der Waals surface area contributed by atoms with Gasteiger partial charge in [0, 0.05) is 32.6 Å². The Labute approximate surface area is 166 Å². The molecule has 1 amide bonds. The molecule has 1 saturated heterocycles. The molecule has 0 aliphatic carbocycles. The Hall–Kier alpha value is -2.31. The molecule has 0 saturated carbocycles. The highest BCUT2D eigenvalue weighted by Gasteiger charge is 2.32. The van der Waals surface area contributed by atoms with Gasteiger partial charge in [0.2, 0.25) is 5.91 Å². The van der Waals surface area contributed by atoms with Gasteiger partial charge < -0.3 is 9.64 Å². The summed E-state index contributed by atoms with van der Waals surface area (Å²) in [7, 11) is 1.63. The molecule has 1 atom stereocenters. The first-order valence-electron chi connectivity index (χ1n) is 9.85. The van der Waals surface area contributed by atoms with E-state index in [4.69, 9.17) is 4.74 Å². The molecule has 150 valence electrons. The van der Waals surface area contributed by atoms with Gasteiger partial charge in [-0.05, 0) is 55.3 Å². The van der Waals surface area contributed by atoms with Crippen LogP contribution in [0.15, 0.2) is 48.8 Å². The normalized spacial score (nSPS) is 15.9. The summed E-state index contributed by atoms with van der Waals surface area (Å²) in [6.45, 7) is 3.18. The SMILES string of the molecule is COCCN(Cc1cccnc1)C(=O)C(c1ccc(F)cc1)N1CCCCC1. The van der Waals surface area contributed by atoms with Gasteiger partial charge in [0.25, 0.3) is 0 Å². The van der Waals surface area contributed by atoms with Crippen molar-refractivity contribution in [1.82, 2.24) is 14.8 Å². The van der Waals surface area contributed by atoms with E-state index in [9.17, 15) is 9.18 Å². The smallest absolute Gasteiger partial charge is 0.244 e. The highest BCUT2D eigenvalue weighted by atomic mass is 19.1. The molecule has 2 heterocycles. The molecule has 1 aliphatic rings. The fourth-order valence-electron chi connectivity index (χ4n) is 3.68. The number of rotatable bonds is 8. The third-order valence-corrected chi connectivity index (χ3v) is 5.15. The van der Waals surface area contributed by atoms with Crippen molar-refractivity contribution < 1.29 is 13.9 Å². The van der Waals surface area contributed by atoms with E-state index < -0.39 is 6.04 Å². The van der Waals surface area contributed by atoms with Crippen molar-refractivity contribution in [2.75, 3.05) is 33.4 Å². The van der Waals surface area contributed by atoms with E-state index in [1.54, 1.807) is 31.6 Å². The van der Waals surface area contributed by atoms with Crippen molar-refractivity contribution in [2.45, 2.75) is 31.8 Å². The first-order chi connectivity index (χ1) is 13.7. The second-order valence-corrected chi connectivity index (χ2v) is 7.16. The van der Waals surface area contributed by atoms with Crippen LogP contribution in [0.3, 0.4) is 0 Å². The fraction of sp³-hybridized carbons (Fsp3) is 0.455. The predicted molar refractivity (Wildman–Crippen MR) is 106 cm³/mol. The molecule has 1 aromatic carbocycles. The molecule has 28 heavy (non-hydrogen) atoms. The highest BCUT2D eigenvalue weighted by Crippen LogP contribution is 2.27. The van der Waals surface area contributed by atoms with Crippen LogP contribution in [-0.4, -0.2) is 54.0 Å². The number of methoxy groups -OCH3 is 1. The number of piperidine rings is 1. The van der Waals surface area contributed by atoms with Gasteiger partial charge in [-0.1, -0.05) is 24.6 Å². The number of carbonyl (C=O) groups is 1. The van der Waals surface area contributed by atoms with Gasteiger partial charge in [-0.2, -0.15) is 0 Å². The summed E-state index contributed by atoms with van der Waals surface area (Å²) in [5, 5.41) is 0. The lowest BCUT2D eigenvalue weighted by Gasteiger charge is -2.37. The molecule has 2 aromatic rings. The number of amides is 1. The number of ether oxygens (including phenoxy) is 1. The molecular formula is C22H28FN3O2. The molecule has 1 aliphatic heterocycles. The zero-order valence-electron chi connectivity index (χ0n) is 16.4. The Morgan fingerprint density at radius 3 is 2.61 bits per heavy atom. The van der Waals surface area contributed by atoms with E-state index in [0.29, 0.717) is 19.7 Å². The Kier molecular flexibility index (Phi) is 7.51. The van der Waals surface area contributed by atoms with Crippen molar-refractivity contribution in [2.24, 2.45) is 0 Å². The summed E-state index contributed by atoms with van der Waals surface area (Å²) in [6.07, 6.45) is 6.84. The zero-order valence-corrected chi connectivity index (χ0v) is 16.4. The predicted octanol–water partition coefficient (Wildman–Crippen LogP) is 3.42. The average Bonchev–Trinajstić information content (AvgIpc) is 2.74. The molecule has 0 radical (unpaired) electrons. The molecule has 0 bridgehead atoms. The number of likely N-dealkylation sites (tertiary alicyclic amines) is 1. The molecule has 6 heteroatoms. The largest absolute Gasteiger partial charge is 0.383 e. The Bertz CT molecular complexity index is 733. The molecule has 0 spiro atoms. The lowest BCUT2D eigenvalue weighted by Crippen LogP contribution is -2.45. The molecular weight excluding hydrogens is 357 g/mol. The van der Waals surface area contributed by atoms with Crippen LogP contribution in [-0.2, 0) is 16.1 Å². The monoisotopic (exact) mass is 385 g/mol. The van der Waals surface area contributed by atoms with Crippen LogP contribution in [0.1, 0.15) is 36.4 Å². The summed E-state index contributed by atoms with van der Waals surface area (Å²) in [5.74, 6) is -0.269. The Morgan fingerprint density at radius 1 is 1.21 bits per heavy atom. The van der Waals surface area contributed by atoms with Gasteiger partial charge in [-0.25, -0.2) is 4.39 Å². The van der Waals surface area contributed by atoms with Crippen molar-refractivity contribution in [3.63, 3.8) is 0 Å². The quantitative estimate of drug-likeness (QED) is 0.699. The number of carbonyl (C=O) groups excluding carboxylic acids is 1. The van der Waals surface area contributed by atoms with Gasteiger partial charge >= 0.3 is 0 Å². The summed E-state index contributed by atoms with van der Waals surface area (Å²) < 4.78 is 18.7. The van der Waals surface area contributed by atoms with Gasteiger partial charge in [0.1, 0.15) is 11.9 Å². The van der Waals surface area contributed by atoms with Gasteiger partial charge in [0.15, 0.2) is 0 Å². The van der Waals surface area contributed by atoms with Crippen LogP contribution < -0.4 is 0 Å². The second kappa shape index (κ2) is 10.3. The van der Waals surface area contributed by atoms with E-state index in [2.05, 4.69) is 9.88 Å². The first kappa shape index (κ1) is 20.4. The Balaban J connectivity index is 1.87. The molecule has 1 aromatic heterocycles. The third-order valence-electron chi connectivity index (χ3n) is 5.15. The molecule has 3 rings (SSSR count). The summed E-state index contributed by atoms with van der Waals surface area (Å²) in [4.78, 5) is 21.9. The topological polar surface area (TPSA) is 45.7 Å². The van der Waals surface area contributed by atoms with Crippen LogP contribution in [0.5, 0.6) is 0 Å². The minimum Gasteiger partial charge on any atom is -0.383 e. The molecule has 1 unspecified atom stereocenters. The molecule has 0 N–H and O–H groups in total. The summed E-state index contributed by atoms with van der Waals surface area (Å²) in [5.41, 5.74) is 1.81. The van der Waals surface area contributed by atoms with E-state index in [1.165, 1.54) is 18.6 Å². The number of hydrogen-bond donors (Lipinski definition) is 0. The van der Waals surface area contributed by atoms with Gasteiger partial charge in [-0.15, -0.1) is 0 Å². The number of pyridine rings is 1. The van der Waals surface area contributed by atoms with Crippen LogP contribution >= 0.6 is 0 Å². The van der Waals surface area contributed by atoms with Crippen molar-refractivity contribution in [3.8, 4) is 0 Å². The van der Waals surface area contributed by atoms with Crippen LogP contribution in [0.4, 0.5) is 4.39 Å². The maximum Gasteiger partial charge on any atom is 0.244 e. The minimum atomic E-state index is -0.408. The maximum atomic E-state index is 13.7. The van der Waals surface area contributed by atoms with E-state index in [1.807, 2.05) is 17.0 Å². The first-order valence-corrected chi connectivity index (χ1v) is 9.85. The van der Waals surface area contributed by atoms with E-state index >= 15 is 0 Å². The van der Waals surface area contributed by atoms with Crippen LogP contribution in [0, 0.1) is 5.82 Å². The number of benzene rings is 1. The van der Waals surface area contributed by atoms with Crippen molar-refractivity contribution in [3.05, 3.63) is 65.7 Å². The van der Waals surface area contributed by atoms with Crippen molar-refractivity contribution in [1.29, 1.82) is 0 Å². The fourth-order valence-corrected chi connectivity index (χ4v) is 3.68. The maximum absolute atomic E-state index is 13.7. The summed E-state index contributed by atoms with van der Waals surface area (Å²) >= 11 is 0. The summed E-state index contributed by atoms with van der Waals surface area (Å²) in [6, 6.07) is 9.75. The molecule has 5 nitrogen and oxygen atoms in total. The van der Waals surface area contributed by atoms with E-state index in [-0.39, 0.29) is 11.7 Å². The lowest BCUT2D eigenvalue weighted by atomic mass is 10.00. The highest BCUT2D eigenvalue weighted by molar-refractivity contribution is 5.83. The van der Waals surface area contributed by atoms with Gasteiger partial charge in [-0.3, -0.25) is 14.7 Å². The average molecular weight is 385 g/mol. The third kappa shape index (κ3) is 5.36. The standard InChI is InChI=1S/C22H28FN3O2/c1-28-15-14-26(17-18-6-5-11-24-16-18)22(27)21(25-12-3-2-4-13-25)19-7-9-20(23)10-8-19/h5-11,16,21H,2-4,12-15,17H2,1H3. The van der Waals surface area contributed by atoms with Crippen molar-refractivity contribution >= 4 is 5.91 Å². The lowest BCUT2D eigenvalue weighted by molar-refractivity contribution is -0.139. The Morgan fingerprint density at radius 2 is 1.96 bits per heavy atom. The number of hydrogen-bond acceptors (Lipinski definition) is 4. The number of nitrogens with zero attached hydrogens (tertiary/aromatic N) is 3. The minimum absolute atomic E-state index is 0.0226. The molecule has 1 fully saturated rings. The zero-order chi connectivity index (χ0) is 19.8. The van der Waals surface area contributed by atoms with Gasteiger partial charge in [0.05, 0.1) is 6.61 Å². The number of halogens is 1. The second-order valence-electron chi connectivity index (χ2n) is 7.16. The van der Waals surface area contributed by atoms with Crippen LogP contribution in [0.2, 0.25) is 0 Å².